The van der Waals surface area contributed by atoms with Gasteiger partial charge in [-0.25, -0.2) is 12.8 Å². The molecule has 0 aliphatic carbocycles. The fourth-order valence-electron chi connectivity index (χ4n) is 2.96. The average molecular weight is 377 g/mol. The van der Waals surface area contributed by atoms with E-state index in [1.54, 1.807) is 12.3 Å². The summed E-state index contributed by atoms with van der Waals surface area (Å²) < 4.78 is 39.8. The van der Waals surface area contributed by atoms with Crippen molar-refractivity contribution in [1.29, 1.82) is 0 Å². The van der Waals surface area contributed by atoms with E-state index in [9.17, 15) is 17.6 Å². The van der Waals surface area contributed by atoms with E-state index in [2.05, 4.69) is 10.3 Å². The van der Waals surface area contributed by atoms with Crippen LogP contribution in [0.1, 0.15) is 18.5 Å². The van der Waals surface area contributed by atoms with Crippen LogP contribution in [0.4, 0.5) is 4.39 Å². The number of rotatable bonds is 5. The first-order valence-electron chi connectivity index (χ1n) is 8.40. The van der Waals surface area contributed by atoms with Crippen molar-refractivity contribution in [2.24, 2.45) is 5.92 Å². The number of aromatic nitrogens is 1. The van der Waals surface area contributed by atoms with Crippen molar-refractivity contribution < 1.29 is 17.6 Å². The maximum atomic E-state index is 13.0. The van der Waals surface area contributed by atoms with E-state index in [0.717, 1.165) is 17.8 Å². The van der Waals surface area contributed by atoms with Gasteiger partial charge in [0.15, 0.2) is 0 Å². The first-order valence-corrected chi connectivity index (χ1v) is 9.84. The minimum absolute atomic E-state index is 0.0356. The standard InChI is InChI=1S/C18H20FN3O3S/c19-15-6-8-17(9-7-15)26(24,25)22-11-3-4-14(13-22)18(23)21-12-16-5-1-2-10-20-16/h1-2,5-10,14H,3-4,11-13H2,(H,21,23)/t14-/m0/s1. The maximum absolute atomic E-state index is 13.0. The zero-order chi connectivity index (χ0) is 18.6. The highest BCUT2D eigenvalue weighted by molar-refractivity contribution is 7.89. The van der Waals surface area contributed by atoms with Gasteiger partial charge >= 0.3 is 0 Å². The Balaban J connectivity index is 1.64. The van der Waals surface area contributed by atoms with Crippen LogP contribution in [0.15, 0.2) is 53.6 Å². The number of hydrogen-bond acceptors (Lipinski definition) is 4. The molecule has 1 aliphatic heterocycles. The van der Waals surface area contributed by atoms with Gasteiger partial charge < -0.3 is 5.32 Å². The molecule has 0 unspecified atom stereocenters. The van der Waals surface area contributed by atoms with Crippen molar-refractivity contribution in [2.45, 2.75) is 24.3 Å². The molecule has 2 aromatic rings. The highest BCUT2D eigenvalue weighted by Gasteiger charge is 2.33. The molecule has 1 amide bonds. The average Bonchev–Trinajstić information content (AvgIpc) is 2.67. The molecule has 0 saturated carbocycles. The Morgan fingerprint density at radius 2 is 2.00 bits per heavy atom. The van der Waals surface area contributed by atoms with Gasteiger partial charge in [0.1, 0.15) is 5.82 Å². The molecule has 2 heterocycles. The molecule has 26 heavy (non-hydrogen) atoms. The Morgan fingerprint density at radius 1 is 1.23 bits per heavy atom. The predicted molar refractivity (Wildman–Crippen MR) is 94.0 cm³/mol. The van der Waals surface area contributed by atoms with Crippen LogP contribution in [0.2, 0.25) is 0 Å². The zero-order valence-corrected chi connectivity index (χ0v) is 15.0. The second kappa shape index (κ2) is 7.92. The van der Waals surface area contributed by atoms with Crippen molar-refractivity contribution in [2.75, 3.05) is 13.1 Å². The number of nitrogens with one attached hydrogen (secondary N) is 1. The number of halogens is 1. The zero-order valence-electron chi connectivity index (χ0n) is 14.1. The minimum Gasteiger partial charge on any atom is -0.350 e. The smallest absolute Gasteiger partial charge is 0.243 e. The molecule has 1 saturated heterocycles. The maximum Gasteiger partial charge on any atom is 0.243 e. The lowest BCUT2D eigenvalue weighted by Gasteiger charge is -2.31. The van der Waals surface area contributed by atoms with Gasteiger partial charge in [0.25, 0.3) is 0 Å². The first kappa shape index (κ1) is 18.5. The molecule has 1 aromatic carbocycles. The summed E-state index contributed by atoms with van der Waals surface area (Å²) in [6, 6.07) is 10.2. The third-order valence-electron chi connectivity index (χ3n) is 4.38. The van der Waals surface area contributed by atoms with E-state index in [1.165, 1.54) is 16.4 Å². The van der Waals surface area contributed by atoms with Crippen LogP contribution in [0.25, 0.3) is 0 Å². The third kappa shape index (κ3) is 4.25. The van der Waals surface area contributed by atoms with Crippen LogP contribution < -0.4 is 5.32 Å². The van der Waals surface area contributed by atoms with Gasteiger partial charge in [0.2, 0.25) is 15.9 Å². The van der Waals surface area contributed by atoms with Crippen LogP contribution in [-0.4, -0.2) is 36.7 Å². The second-order valence-corrected chi connectivity index (χ2v) is 8.13. The normalized spacial score (nSPS) is 18.4. The first-order chi connectivity index (χ1) is 12.5. The van der Waals surface area contributed by atoms with Gasteiger partial charge in [-0.1, -0.05) is 6.07 Å². The monoisotopic (exact) mass is 377 g/mol. The SMILES string of the molecule is O=C(NCc1ccccn1)[C@H]1CCCN(S(=O)(=O)c2ccc(F)cc2)C1. The summed E-state index contributed by atoms with van der Waals surface area (Å²) in [7, 11) is -3.74. The van der Waals surface area contributed by atoms with Crippen LogP contribution in [0, 0.1) is 11.7 Å². The molecule has 0 bridgehead atoms. The van der Waals surface area contributed by atoms with Crippen LogP contribution in [0.5, 0.6) is 0 Å². The van der Waals surface area contributed by atoms with Crippen molar-refractivity contribution >= 4 is 15.9 Å². The lowest BCUT2D eigenvalue weighted by molar-refractivity contribution is -0.126. The van der Waals surface area contributed by atoms with E-state index in [-0.39, 0.29) is 17.3 Å². The summed E-state index contributed by atoms with van der Waals surface area (Å²) in [4.78, 5) is 16.6. The molecular weight excluding hydrogens is 357 g/mol. The number of benzene rings is 1. The number of amides is 1. The van der Waals surface area contributed by atoms with Crippen molar-refractivity contribution in [3.8, 4) is 0 Å². The van der Waals surface area contributed by atoms with E-state index in [1.807, 2.05) is 12.1 Å². The van der Waals surface area contributed by atoms with Crippen LogP contribution in [0.3, 0.4) is 0 Å². The molecule has 1 fully saturated rings. The van der Waals surface area contributed by atoms with Crippen molar-refractivity contribution in [3.63, 3.8) is 0 Å². The summed E-state index contributed by atoms with van der Waals surface area (Å²) in [5.41, 5.74) is 0.743. The summed E-state index contributed by atoms with van der Waals surface area (Å²) in [5.74, 6) is -1.09. The largest absolute Gasteiger partial charge is 0.350 e. The molecule has 3 rings (SSSR count). The highest BCUT2D eigenvalue weighted by Crippen LogP contribution is 2.24. The fourth-order valence-corrected chi connectivity index (χ4v) is 4.48. The molecule has 1 atom stereocenters. The molecule has 8 heteroatoms. The Labute approximate surface area is 152 Å². The van der Waals surface area contributed by atoms with Gasteiger partial charge in [-0.05, 0) is 49.2 Å². The molecular formula is C18H20FN3O3S. The molecule has 1 aromatic heterocycles. The molecule has 0 radical (unpaired) electrons. The topological polar surface area (TPSA) is 79.4 Å². The number of piperidine rings is 1. The summed E-state index contributed by atoms with van der Waals surface area (Å²) in [5, 5.41) is 2.82. The summed E-state index contributed by atoms with van der Waals surface area (Å²) >= 11 is 0. The van der Waals surface area contributed by atoms with E-state index >= 15 is 0 Å². The van der Waals surface area contributed by atoms with E-state index < -0.39 is 21.8 Å². The Kier molecular flexibility index (Phi) is 5.63. The van der Waals surface area contributed by atoms with Gasteiger partial charge in [-0.3, -0.25) is 9.78 Å². The third-order valence-corrected chi connectivity index (χ3v) is 6.26. The Hall–Kier alpha value is -2.32. The quantitative estimate of drug-likeness (QED) is 0.864. The number of pyridine rings is 1. The minimum atomic E-state index is -3.74. The number of nitrogens with zero attached hydrogens (tertiary/aromatic N) is 2. The van der Waals surface area contributed by atoms with Crippen LogP contribution in [-0.2, 0) is 21.4 Å². The van der Waals surface area contributed by atoms with Gasteiger partial charge in [-0.15, -0.1) is 0 Å². The lowest BCUT2D eigenvalue weighted by Crippen LogP contribution is -2.45. The number of carbonyl (C=O) groups is 1. The van der Waals surface area contributed by atoms with Crippen molar-refractivity contribution in [3.05, 3.63) is 60.2 Å². The molecule has 1 aliphatic rings. The molecule has 0 spiro atoms. The lowest BCUT2D eigenvalue weighted by atomic mass is 9.99. The fraction of sp³-hybridized carbons (Fsp3) is 0.333. The summed E-state index contributed by atoms with van der Waals surface area (Å²) in [6.07, 6.45) is 2.88. The van der Waals surface area contributed by atoms with E-state index in [0.29, 0.717) is 25.9 Å². The summed E-state index contributed by atoms with van der Waals surface area (Å²) in [6.45, 7) is 0.776. The van der Waals surface area contributed by atoms with E-state index in [4.69, 9.17) is 0 Å². The number of carbonyl (C=O) groups excluding carboxylic acids is 1. The number of sulfonamides is 1. The van der Waals surface area contributed by atoms with Crippen LogP contribution >= 0.6 is 0 Å². The molecule has 6 nitrogen and oxygen atoms in total. The van der Waals surface area contributed by atoms with Gasteiger partial charge in [-0.2, -0.15) is 4.31 Å². The van der Waals surface area contributed by atoms with Gasteiger partial charge in [0, 0.05) is 19.3 Å². The van der Waals surface area contributed by atoms with Crippen molar-refractivity contribution in [1.82, 2.24) is 14.6 Å². The highest BCUT2D eigenvalue weighted by atomic mass is 32.2. The van der Waals surface area contributed by atoms with Gasteiger partial charge in [0.05, 0.1) is 23.1 Å². The number of hydrogen-bond donors (Lipinski definition) is 1. The Bertz CT molecular complexity index is 857. The molecule has 1 N–H and O–H groups in total. The second-order valence-electron chi connectivity index (χ2n) is 6.20. The Morgan fingerprint density at radius 3 is 2.69 bits per heavy atom. The predicted octanol–water partition coefficient (Wildman–Crippen LogP) is 1.94. The molecule has 138 valence electrons.